The van der Waals surface area contributed by atoms with Gasteiger partial charge < -0.3 is 20.5 Å². The van der Waals surface area contributed by atoms with Crippen LogP contribution in [0.2, 0.25) is 0 Å². The Morgan fingerprint density at radius 2 is 2.14 bits per heavy atom. The van der Waals surface area contributed by atoms with Crippen molar-refractivity contribution in [3.8, 4) is 0 Å². The minimum Gasteiger partial charge on any atom is -0.459 e. The summed E-state index contributed by atoms with van der Waals surface area (Å²) in [6.45, 7) is 5.86. The molecular weight excluding hydrogens is 388 g/mol. The maximum Gasteiger partial charge on any atom is 0.341 e. The monoisotopic (exact) mass is 416 g/mol. The lowest BCUT2D eigenvalue weighted by Gasteiger charge is -2.19. The van der Waals surface area contributed by atoms with Crippen LogP contribution in [0.5, 0.6) is 0 Å². The standard InChI is InChI=1S/C22H28N2O4S/c1-13(2)28-22(27)20-17-8-7-14(3)9-18(17)29-21(20)24-19(26)11-23-16-6-4-5-15(10-16)12-25/h4-6,10,13-14,23,25H,7-9,11-12H2,1-3H3,(H,24,26). The molecular formula is C22H28N2O4S. The predicted molar refractivity (Wildman–Crippen MR) is 116 cm³/mol. The van der Waals surface area contributed by atoms with Crippen molar-refractivity contribution in [3.05, 3.63) is 45.8 Å². The highest BCUT2D eigenvalue weighted by atomic mass is 32.1. The van der Waals surface area contributed by atoms with E-state index in [9.17, 15) is 14.7 Å². The molecule has 0 fully saturated rings. The van der Waals surface area contributed by atoms with Crippen molar-refractivity contribution in [1.82, 2.24) is 0 Å². The summed E-state index contributed by atoms with van der Waals surface area (Å²) >= 11 is 1.48. The van der Waals surface area contributed by atoms with E-state index in [1.165, 1.54) is 16.2 Å². The molecule has 1 atom stereocenters. The molecule has 1 aliphatic rings. The highest BCUT2D eigenvalue weighted by molar-refractivity contribution is 7.17. The fourth-order valence-electron chi connectivity index (χ4n) is 3.46. The SMILES string of the molecule is CC1CCc2c(sc(NC(=O)CNc3cccc(CO)c3)c2C(=O)OC(C)C)C1. The molecule has 1 aromatic heterocycles. The van der Waals surface area contributed by atoms with Crippen LogP contribution in [0.25, 0.3) is 0 Å². The fraction of sp³-hybridized carbons (Fsp3) is 0.455. The predicted octanol–water partition coefficient (Wildman–Crippen LogP) is 3.98. The number of hydrogen-bond acceptors (Lipinski definition) is 6. The quantitative estimate of drug-likeness (QED) is 0.594. The molecule has 29 heavy (non-hydrogen) atoms. The Kier molecular flexibility index (Phi) is 6.92. The van der Waals surface area contributed by atoms with Crippen molar-refractivity contribution in [3.63, 3.8) is 0 Å². The van der Waals surface area contributed by atoms with Crippen LogP contribution in [0, 0.1) is 5.92 Å². The lowest BCUT2D eigenvalue weighted by molar-refractivity contribution is -0.114. The van der Waals surface area contributed by atoms with Crippen LogP contribution in [-0.2, 0) is 29.0 Å². The average Bonchev–Trinajstić information content (AvgIpc) is 3.02. The number of benzene rings is 1. The Morgan fingerprint density at radius 1 is 1.34 bits per heavy atom. The number of aliphatic hydroxyl groups excluding tert-OH is 1. The zero-order valence-electron chi connectivity index (χ0n) is 17.1. The molecule has 0 spiro atoms. The van der Waals surface area contributed by atoms with Gasteiger partial charge >= 0.3 is 5.97 Å². The molecule has 0 aliphatic heterocycles. The average molecular weight is 417 g/mol. The number of rotatable bonds is 7. The molecule has 2 aromatic rings. The first-order valence-electron chi connectivity index (χ1n) is 9.96. The van der Waals surface area contributed by atoms with Gasteiger partial charge in [-0.1, -0.05) is 19.1 Å². The number of carbonyl (C=O) groups is 2. The molecule has 0 saturated heterocycles. The van der Waals surface area contributed by atoms with E-state index in [1.807, 2.05) is 32.0 Å². The number of ether oxygens (including phenoxy) is 1. The van der Waals surface area contributed by atoms with E-state index in [2.05, 4.69) is 17.6 Å². The molecule has 0 radical (unpaired) electrons. The first-order chi connectivity index (χ1) is 13.9. The minimum atomic E-state index is -0.369. The van der Waals surface area contributed by atoms with E-state index < -0.39 is 0 Å². The Hall–Kier alpha value is -2.38. The smallest absolute Gasteiger partial charge is 0.341 e. The van der Waals surface area contributed by atoms with Crippen LogP contribution >= 0.6 is 11.3 Å². The van der Waals surface area contributed by atoms with Gasteiger partial charge in [-0.3, -0.25) is 4.79 Å². The van der Waals surface area contributed by atoms with Gasteiger partial charge in [0.1, 0.15) is 5.00 Å². The maximum atomic E-state index is 12.7. The first kappa shape index (κ1) is 21.3. The van der Waals surface area contributed by atoms with Crippen molar-refractivity contribution in [2.45, 2.75) is 52.7 Å². The van der Waals surface area contributed by atoms with Gasteiger partial charge in [0.05, 0.1) is 24.8 Å². The van der Waals surface area contributed by atoms with Crippen molar-refractivity contribution >= 4 is 33.9 Å². The van der Waals surface area contributed by atoms with Gasteiger partial charge in [-0.05, 0) is 62.3 Å². The second-order valence-corrected chi connectivity index (χ2v) is 8.88. The van der Waals surface area contributed by atoms with Gasteiger partial charge in [-0.15, -0.1) is 11.3 Å². The summed E-state index contributed by atoms with van der Waals surface area (Å²) in [6, 6.07) is 7.27. The molecule has 1 unspecified atom stereocenters. The van der Waals surface area contributed by atoms with Crippen molar-refractivity contribution in [2.24, 2.45) is 5.92 Å². The number of amides is 1. The van der Waals surface area contributed by atoms with Gasteiger partial charge in [-0.2, -0.15) is 0 Å². The van der Waals surface area contributed by atoms with E-state index in [4.69, 9.17) is 4.74 Å². The zero-order valence-corrected chi connectivity index (χ0v) is 17.9. The molecule has 6 nitrogen and oxygen atoms in total. The number of hydrogen-bond donors (Lipinski definition) is 3. The highest BCUT2D eigenvalue weighted by Crippen LogP contribution is 2.40. The van der Waals surface area contributed by atoms with Crippen LogP contribution in [-0.4, -0.2) is 29.6 Å². The number of aliphatic hydroxyl groups is 1. The summed E-state index contributed by atoms with van der Waals surface area (Å²) in [6.07, 6.45) is 2.56. The van der Waals surface area contributed by atoms with Crippen LogP contribution in [0.1, 0.15) is 53.6 Å². The zero-order chi connectivity index (χ0) is 21.0. The summed E-state index contributed by atoms with van der Waals surface area (Å²) in [5.74, 6) is -0.0326. The normalized spacial score (nSPS) is 15.7. The molecule has 1 amide bonds. The van der Waals surface area contributed by atoms with Crippen molar-refractivity contribution in [1.29, 1.82) is 0 Å². The minimum absolute atomic E-state index is 0.0534. The summed E-state index contributed by atoms with van der Waals surface area (Å²) in [7, 11) is 0. The van der Waals surface area contributed by atoms with Crippen LogP contribution < -0.4 is 10.6 Å². The van der Waals surface area contributed by atoms with E-state index in [-0.39, 0.29) is 31.1 Å². The molecule has 1 aliphatic carbocycles. The third-order valence-corrected chi connectivity index (χ3v) is 6.04. The molecule has 0 saturated carbocycles. The van der Waals surface area contributed by atoms with E-state index in [1.54, 1.807) is 6.07 Å². The molecule has 1 heterocycles. The van der Waals surface area contributed by atoms with Gasteiger partial charge in [-0.25, -0.2) is 4.79 Å². The van der Waals surface area contributed by atoms with Gasteiger partial charge in [0.25, 0.3) is 0 Å². The molecule has 3 N–H and O–H groups in total. The highest BCUT2D eigenvalue weighted by Gasteiger charge is 2.29. The lowest BCUT2D eigenvalue weighted by atomic mass is 9.88. The number of esters is 1. The van der Waals surface area contributed by atoms with Gasteiger partial charge in [0.2, 0.25) is 5.91 Å². The molecule has 3 rings (SSSR count). The summed E-state index contributed by atoms with van der Waals surface area (Å²) in [5.41, 5.74) is 3.07. The summed E-state index contributed by atoms with van der Waals surface area (Å²) < 4.78 is 5.44. The molecule has 156 valence electrons. The Bertz CT molecular complexity index is 891. The molecule has 0 bridgehead atoms. The first-order valence-corrected chi connectivity index (χ1v) is 10.8. The Morgan fingerprint density at radius 3 is 2.86 bits per heavy atom. The number of carbonyl (C=O) groups excluding carboxylic acids is 2. The summed E-state index contributed by atoms with van der Waals surface area (Å²) in [5, 5.41) is 15.8. The second kappa shape index (κ2) is 9.41. The molecule has 7 heteroatoms. The maximum absolute atomic E-state index is 12.7. The number of anilines is 2. The number of nitrogens with one attached hydrogen (secondary N) is 2. The largest absolute Gasteiger partial charge is 0.459 e. The van der Waals surface area contributed by atoms with E-state index in [0.717, 1.165) is 36.1 Å². The second-order valence-electron chi connectivity index (χ2n) is 7.77. The van der Waals surface area contributed by atoms with Gasteiger partial charge in [0, 0.05) is 10.6 Å². The number of fused-ring (bicyclic) bond motifs is 1. The topological polar surface area (TPSA) is 87.7 Å². The Balaban J connectivity index is 1.74. The third kappa shape index (κ3) is 5.36. The number of thiophene rings is 1. The van der Waals surface area contributed by atoms with E-state index in [0.29, 0.717) is 16.5 Å². The van der Waals surface area contributed by atoms with Crippen molar-refractivity contribution in [2.75, 3.05) is 17.2 Å². The Labute approximate surface area is 175 Å². The van der Waals surface area contributed by atoms with Crippen LogP contribution in [0.3, 0.4) is 0 Å². The van der Waals surface area contributed by atoms with Crippen LogP contribution in [0.4, 0.5) is 10.7 Å². The third-order valence-electron chi connectivity index (χ3n) is 4.87. The van der Waals surface area contributed by atoms with Crippen molar-refractivity contribution < 1.29 is 19.4 Å². The lowest BCUT2D eigenvalue weighted by Crippen LogP contribution is -2.23. The van der Waals surface area contributed by atoms with Gasteiger partial charge in [0.15, 0.2) is 0 Å². The summed E-state index contributed by atoms with van der Waals surface area (Å²) in [4.78, 5) is 26.4. The fourth-order valence-corrected chi connectivity index (χ4v) is 4.88. The molecule has 1 aromatic carbocycles. The van der Waals surface area contributed by atoms with E-state index >= 15 is 0 Å². The van der Waals surface area contributed by atoms with Crippen LogP contribution in [0.15, 0.2) is 24.3 Å².